The maximum Gasteiger partial charge on any atom is 0.240 e. The first kappa shape index (κ1) is 18.3. The van der Waals surface area contributed by atoms with Crippen LogP contribution in [-0.2, 0) is 9.59 Å². The number of benzene rings is 1. The van der Waals surface area contributed by atoms with Crippen molar-refractivity contribution in [3.8, 4) is 5.75 Å². The molecule has 0 saturated heterocycles. The van der Waals surface area contributed by atoms with Crippen LogP contribution in [0.2, 0.25) is 0 Å². The highest BCUT2D eigenvalue weighted by Gasteiger charge is 2.57. The van der Waals surface area contributed by atoms with Crippen LogP contribution in [0.15, 0.2) is 18.2 Å². The topological polar surface area (TPSA) is 58.6 Å². The summed E-state index contributed by atoms with van der Waals surface area (Å²) in [4.78, 5) is 27.5. The second-order valence-electron chi connectivity index (χ2n) is 6.53. The molecule has 1 aliphatic rings. The minimum atomic E-state index is -0.890. The Morgan fingerprint density at radius 2 is 1.83 bits per heavy atom. The van der Waals surface area contributed by atoms with Crippen LogP contribution in [0.5, 0.6) is 5.75 Å². The SMILES string of the molecule is CCCN(CCC)C(=O)C1(C(=O)Nc2cc(C)ccc2OC)CC1. The molecule has 1 saturated carbocycles. The molecule has 132 valence electrons. The first-order chi connectivity index (χ1) is 11.5. The number of carbonyl (C=O) groups is 2. The third-order valence-corrected chi connectivity index (χ3v) is 4.47. The van der Waals surface area contributed by atoms with Gasteiger partial charge in [-0.2, -0.15) is 0 Å². The van der Waals surface area contributed by atoms with Gasteiger partial charge in [0, 0.05) is 13.1 Å². The Morgan fingerprint density at radius 3 is 2.33 bits per heavy atom. The van der Waals surface area contributed by atoms with Crippen molar-refractivity contribution in [1.29, 1.82) is 0 Å². The zero-order valence-corrected chi connectivity index (χ0v) is 15.1. The highest BCUT2D eigenvalue weighted by Crippen LogP contribution is 2.48. The Balaban J connectivity index is 2.16. The Morgan fingerprint density at radius 1 is 1.21 bits per heavy atom. The molecule has 24 heavy (non-hydrogen) atoms. The van der Waals surface area contributed by atoms with Crippen LogP contribution in [-0.4, -0.2) is 36.9 Å². The van der Waals surface area contributed by atoms with Gasteiger partial charge in [-0.3, -0.25) is 9.59 Å². The largest absolute Gasteiger partial charge is 0.495 e. The molecule has 0 atom stereocenters. The van der Waals surface area contributed by atoms with Crippen molar-refractivity contribution < 1.29 is 14.3 Å². The fourth-order valence-electron chi connectivity index (χ4n) is 2.98. The van der Waals surface area contributed by atoms with Crippen molar-refractivity contribution in [2.45, 2.75) is 46.5 Å². The predicted molar refractivity (Wildman–Crippen MR) is 95.2 cm³/mol. The third kappa shape index (κ3) is 3.71. The molecule has 1 N–H and O–H groups in total. The number of rotatable bonds is 8. The van der Waals surface area contributed by atoms with E-state index in [1.165, 1.54) is 0 Å². The monoisotopic (exact) mass is 332 g/mol. The van der Waals surface area contributed by atoms with Crippen LogP contribution in [0.3, 0.4) is 0 Å². The molecule has 0 unspecified atom stereocenters. The number of anilines is 1. The van der Waals surface area contributed by atoms with Gasteiger partial charge in [-0.05, 0) is 50.3 Å². The van der Waals surface area contributed by atoms with Crippen molar-refractivity contribution in [3.63, 3.8) is 0 Å². The molecule has 2 amide bonds. The molecule has 0 spiro atoms. The number of methoxy groups -OCH3 is 1. The number of nitrogens with zero attached hydrogens (tertiary/aromatic N) is 1. The summed E-state index contributed by atoms with van der Waals surface area (Å²) in [5.41, 5.74) is 0.763. The second kappa shape index (κ2) is 7.69. The number of aryl methyl sites for hydroxylation is 1. The van der Waals surface area contributed by atoms with Crippen LogP contribution in [0, 0.1) is 12.3 Å². The summed E-state index contributed by atoms with van der Waals surface area (Å²) in [5, 5.41) is 2.91. The number of amides is 2. The number of ether oxygens (including phenoxy) is 1. The van der Waals surface area contributed by atoms with Gasteiger partial charge in [-0.15, -0.1) is 0 Å². The summed E-state index contributed by atoms with van der Waals surface area (Å²) >= 11 is 0. The average Bonchev–Trinajstić information content (AvgIpc) is 3.36. The normalized spacial score (nSPS) is 14.8. The van der Waals surface area contributed by atoms with Gasteiger partial charge in [0.2, 0.25) is 11.8 Å². The predicted octanol–water partition coefficient (Wildman–Crippen LogP) is 3.37. The molecule has 2 rings (SSSR count). The highest BCUT2D eigenvalue weighted by molar-refractivity contribution is 6.13. The van der Waals surface area contributed by atoms with E-state index in [1.54, 1.807) is 7.11 Å². The third-order valence-electron chi connectivity index (χ3n) is 4.47. The molecule has 5 heteroatoms. The minimum Gasteiger partial charge on any atom is -0.495 e. The van der Waals surface area contributed by atoms with Crippen molar-refractivity contribution in [1.82, 2.24) is 4.90 Å². The van der Waals surface area contributed by atoms with E-state index >= 15 is 0 Å². The van der Waals surface area contributed by atoms with E-state index in [0.29, 0.717) is 37.4 Å². The van der Waals surface area contributed by atoms with E-state index < -0.39 is 5.41 Å². The van der Waals surface area contributed by atoms with Gasteiger partial charge in [0.25, 0.3) is 0 Å². The summed E-state index contributed by atoms with van der Waals surface area (Å²) in [5.74, 6) is 0.361. The van der Waals surface area contributed by atoms with Crippen LogP contribution < -0.4 is 10.1 Å². The molecule has 0 radical (unpaired) electrons. The van der Waals surface area contributed by atoms with Gasteiger partial charge in [0.1, 0.15) is 11.2 Å². The van der Waals surface area contributed by atoms with Crippen molar-refractivity contribution >= 4 is 17.5 Å². The first-order valence-electron chi connectivity index (χ1n) is 8.74. The van der Waals surface area contributed by atoms with Crippen LogP contribution in [0.25, 0.3) is 0 Å². The quantitative estimate of drug-likeness (QED) is 0.743. The molecule has 1 aromatic carbocycles. The first-order valence-corrected chi connectivity index (χ1v) is 8.74. The fraction of sp³-hybridized carbons (Fsp3) is 0.579. The lowest BCUT2D eigenvalue weighted by Crippen LogP contribution is -2.43. The van der Waals surface area contributed by atoms with Gasteiger partial charge in [-0.25, -0.2) is 0 Å². The maximum atomic E-state index is 12.9. The lowest BCUT2D eigenvalue weighted by molar-refractivity contribution is -0.142. The molecule has 1 aromatic rings. The lowest BCUT2D eigenvalue weighted by Gasteiger charge is -2.26. The molecule has 1 aliphatic carbocycles. The molecular weight excluding hydrogens is 304 g/mol. The zero-order valence-electron chi connectivity index (χ0n) is 15.1. The van der Waals surface area contributed by atoms with E-state index in [1.807, 2.05) is 43.9 Å². The van der Waals surface area contributed by atoms with Crippen LogP contribution in [0.1, 0.15) is 45.1 Å². The molecule has 0 aliphatic heterocycles. The van der Waals surface area contributed by atoms with Crippen LogP contribution >= 0.6 is 0 Å². The van der Waals surface area contributed by atoms with E-state index in [-0.39, 0.29) is 11.8 Å². The van der Waals surface area contributed by atoms with E-state index in [9.17, 15) is 9.59 Å². The molecule has 0 bridgehead atoms. The van der Waals surface area contributed by atoms with Gasteiger partial charge >= 0.3 is 0 Å². The lowest BCUT2D eigenvalue weighted by atomic mass is 10.0. The fourth-order valence-corrected chi connectivity index (χ4v) is 2.98. The summed E-state index contributed by atoms with van der Waals surface area (Å²) in [6.45, 7) is 7.46. The van der Waals surface area contributed by atoms with Crippen molar-refractivity contribution in [2.75, 3.05) is 25.5 Å². The number of carbonyl (C=O) groups excluding carboxylic acids is 2. The van der Waals surface area contributed by atoms with E-state index in [4.69, 9.17) is 4.74 Å². The van der Waals surface area contributed by atoms with Crippen LogP contribution in [0.4, 0.5) is 5.69 Å². The standard InChI is InChI=1S/C19H28N2O3/c1-5-11-21(12-6-2)18(23)19(9-10-19)17(22)20-15-13-14(3)7-8-16(15)24-4/h7-8,13H,5-6,9-12H2,1-4H3,(H,20,22). The van der Waals surface area contributed by atoms with Gasteiger partial charge in [0.05, 0.1) is 12.8 Å². The van der Waals surface area contributed by atoms with E-state index in [2.05, 4.69) is 5.32 Å². The molecule has 0 aromatic heterocycles. The Kier molecular flexibility index (Phi) is 5.86. The number of nitrogens with one attached hydrogen (secondary N) is 1. The highest BCUT2D eigenvalue weighted by atomic mass is 16.5. The molecule has 1 fully saturated rings. The average molecular weight is 332 g/mol. The summed E-state index contributed by atoms with van der Waals surface area (Å²) in [6.07, 6.45) is 3.04. The maximum absolute atomic E-state index is 12.9. The molecular formula is C19H28N2O3. The van der Waals surface area contributed by atoms with Gasteiger partial charge < -0.3 is 15.0 Å². The zero-order chi connectivity index (χ0) is 17.7. The van der Waals surface area contributed by atoms with Crippen molar-refractivity contribution in [3.05, 3.63) is 23.8 Å². The number of hydrogen-bond acceptors (Lipinski definition) is 3. The van der Waals surface area contributed by atoms with E-state index in [0.717, 1.165) is 18.4 Å². The van der Waals surface area contributed by atoms with Gasteiger partial charge in [0.15, 0.2) is 0 Å². The summed E-state index contributed by atoms with van der Waals surface area (Å²) < 4.78 is 5.31. The molecule has 0 heterocycles. The Labute approximate surface area is 144 Å². The summed E-state index contributed by atoms with van der Waals surface area (Å²) in [6, 6.07) is 5.62. The number of hydrogen-bond donors (Lipinski definition) is 1. The second-order valence-corrected chi connectivity index (χ2v) is 6.53. The Bertz CT molecular complexity index is 603. The minimum absolute atomic E-state index is 0.0321. The Hall–Kier alpha value is -2.04. The van der Waals surface area contributed by atoms with Gasteiger partial charge in [-0.1, -0.05) is 19.9 Å². The van der Waals surface area contributed by atoms with Crippen molar-refractivity contribution in [2.24, 2.45) is 5.41 Å². The molecule has 5 nitrogen and oxygen atoms in total. The summed E-state index contributed by atoms with van der Waals surface area (Å²) in [7, 11) is 1.57. The smallest absolute Gasteiger partial charge is 0.240 e.